The first-order valence-electron chi connectivity index (χ1n) is 13.4. The molecule has 0 bridgehead atoms. The van der Waals surface area contributed by atoms with Gasteiger partial charge in [-0.1, -0.05) is 42.3 Å². The van der Waals surface area contributed by atoms with E-state index in [2.05, 4.69) is 0 Å². The van der Waals surface area contributed by atoms with Crippen LogP contribution in [0.1, 0.15) is 43.7 Å². The summed E-state index contributed by atoms with van der Waals surface area (Å²) in [6, 6.07) is 10.6. The number of aryl methyl sites for hydroxylation is 1. The second kappa shape index (κ2) is 9.59. The third-order valence-corrected chi connectivity index (χ3v) is 9.06. The molecule has 0 saturated carbocycles. The summed E-state index contributed by atoms with van der Waals surface area (Å²) < 4.78 is 5.34. The lowest BCUT2D eigenvalue weighted by atomic mass is 9.59. The van der Waals surface area contributed by atoms with Gasteiger partial charge in [0.25, 0.3) is 0 Å². The topological polar surface area (TPSA) is 101 Å². The predicted octanol–water partition coefficient (Wildman–Crippen LogP) is 5.25. The summed E-state index contributed by atoms with van der Waals surface area (Å²) in [5, 5.41) is 10.4. The van der Waals surface area contributed by atoms with Gasteiger partial charge >= 0.3 is 0 Å². The largest absolute Gasteiger partial charge is 0.503 e. The van der Waals surface area contributed by atoms with E-state index >= 15 is 0 Å². The Hall–Kier alpha value is -3.97. The number of methoxy groups -OCH3 is 1. The molecular formula is C32H28ClNO6. The van der Waals surface area contributed by atoms with Crippen LogP contribution in [-0.4, -0.2) is 35.6 Å². The molecule has 6 rings (SSSR count). The second-order valence-corrected chi connectivity index (χ2v) is 11.2. The molecule has 1 N–H and O–H groups in total. The highest BCUT2D eigenvalue weighted by Crippen LogP contribution is 2.56. The van der Waals surface area contributed by atoms with E-state index < -0.39 is 23.7 Å². The zero-order valence-electron chi connectivity index (χ0n) is 22.4. The number of rotatable bonds is 4. The van der Waals surface area contributed by atoms with Gasteiger partial charge in [-0.15, -0.1) is 0 Å². The first-order valence-corrected chi connectivity index (χ1v) is 13.8. The molecule has 4 aliphatic rings. The molecule has 1 heterocycles. The van der Waals surface area contributed by atoms with Gasteiger partial charge < -0.3 is 9.84 Å². The molecule has 204 valence electrons. The third kappa shape index (κ3) is 3.79. The summed E-state index contributed by atoms with van der Waals surface area (Å²) in [5.74, 6) is -3.50. The minimum absolute atomic E-state index is 0.0445. The SMILES string of the molecule is CCc1ccc(N2C(=O)[C@H]3[C@H](CC=C4[C@H](c5cc(Cl)c(O)c(OC)c5)C5=C(C[C@H]43)C(=O)C(C)=CC5=O)C2=O)cc1. The third-order valence-electron chi connectivity index (χ3n) is 8.77. The van der Waals surface area contributed by atoms with E-state index in [9.17, 15) is 24.3 Å². The molecular weight excluding hydrogens is 530 g/mol. The number of imide groups is 1. The number of Topliss-reactive ketones (excluding diaryl/α,β-unsaturated/α-hetero) is 1. The normalized spacial score (nSPS) is 25.9. The summed E-state index contributed by atoms with van der Waals surface area (Å²) in [6.07, 6.45) is 4.67. The number of hydrogen-bond donors (Lipinski definition) is 1. The summed E-state index contributed by atoms with van der Waals surface area (Å²) >= 11 is 6.36. The lowest BCUT2D eigenvalue weighted by Crippen LogP contribution is -2.39. The van der Waals surface area contributed by atoms with Crippen molar-refractivity contribution in [2.24, 2.45) is 17.8 Å². The molecule has 2 amide bonds. The summed E-state index contributed by atoms with van der Waals surface area (Å²) in [4.78, 5) is 55.8. The number of carbonyl (C=O) groups excluding carboxylic acids is 4. The molecule has 0 spiro atoms. The summed E-state index contributed by atoms with van der Waals surface area (Å²) in [5.41, 5.74) is 4.08. The Morgan fingerprint density at radius 3 is 2.45 bits per heavy atom. The number of ketones is 2. The van der Waals surface area contributed by atoms with Crippen molar-refractivity contribution in [3.63, 3.8) is 0 Å². The average molecular weight is 558 g/mol. The minimum atomic E-state index is -0.678. The van der Waals surface area contributed by atoms with Crippen molar-refractivity contribution in [3.8, 4) is 11.5 Å². The standard InChI is InChI=1S/C32H28ClNO6/c1-4-16-5-7-18(8-6-16)34-31(38)20-10-9-19-21(27(20)32(34)39)14-22-28(24(35)11-15(2)29(22)36)26(19)17-12-23(33)30(37)25(13-17)40-3/h5-9,11-13,20-21,26-27,37H,4,10,14H2,1-3H3/t20-,21+,26-,27-/m0/s1. The lowest BCUT2D eigenvalue weighted by molar-refractivity contribution is -0.123. The number of aromatic hydroxyl groups is 1. The molecule has 1 aliphatic heterocycles. The van der Waals surface area contributed by atoms with Crippen LogP contribution >= 0.6 is 11.6 Å². The van der Waals surface area contributed by atoms with Crippen molar-refractivity contribution in [1.82, 2.24) is 0 Å². The van der Waals surface area contributed by atoms with Crippen LogP contribution in [0.5, 0.6) is 11.5 Å². The number of carbonyl (C=O) groups is 4. The Morgan fingerprint density at radius 2 is 1.77 bits per heavy atom. The molecule has 0 unspecified atom stereocenters. The molecule has 2 aromatic carbocycles. The number of nitrogens with zero attached hydrogens (tertiary/aromatic N) is 1. The minimum Gasteiger partial charge on any atom is -0.503 e. The zero-order valence-corrected chi connectivity index (χ0v) is 23.1. The monoisotopic (exact) mass is 557 g/mol. The number of halogens is 1. The van der Waals surface area contributed by atoms with E-state index in [1.165, 1.54) is 18.1 Å². The van der Waals surface area contributed by atoms with Crippen LogP contribution in [0, 0.1) is 17.8 Å². The Morgan fingerprint density at radius 1 is 1.05 bits per heavy atom. The van der Waals surface area contributed by atoms with E-state index in [1.54, 1.807) is 31.2 Å². The van der Waals surface area contributed by atoms with Gasteiger partial charge in [0.2, 0.25) is 11.8 Å². The average Bonchev–Trinajstić information content (AvgIpc) is 3.21. The smallest absolute Gasteiger partial charge is 0.238 e. The number of phenols is 1. The Kier molecular flexibility index (Phi) is 6.30. The maximum atomic E-state index is 14.0. The Bertz CT molecular complexity index is 1600. The van der Waals surface area contributed by atoms with Gasteiger partial charge in [-0.25, -0.2) is 0 Å². The van der Waals surface area contributed by atoms with Gasteiger partial charge in [0.1, 0.15) is 0 Å². The van der Waals surface area contributed by atoms with Crippen LogP contribution in [0.25, 0.3) is 0 Å². The first kappa shape index (κ1) is 26.3. The van der Waals surface area contributed by atoms with Gasteiger partial charge in [0.15, 0.2) is 23.1 Å². The molecule has 1 saturated heterocycles. The Labute approximate surface area is 236 Å². The highest BCUT2D eigenvalue weighted by Gasteiger charge is 2.56. The highest BCUT2D eigenvalue weighted by atomic mass is 35.5. The van der Waals surface area contributed by atoms with E-state index in [1.807, 2.05) is 25.1 Å². The number of hydrogen-bond acceptors (Lipinski definition) is 6. The van der Waals surface area contributed by atoms with Crippen molar-refractivity contribution in [1.29, 1.82) is 0 Å². The van der Waals surface area contributed by atoms with E-state index in [4.69, 9.17) is 16.3 Å². The number of benzene rings is 2. The molecule has 0 aromatic heterocycles. The van der Waals surface area contributed by atoms with Crippen molar-refractivity contribution in [2.45, 2.75) is 39.0 Å². The van der Waals surface area contributed by atoms with Crippen LogP contribution < -0.4 is 9.64 Å². The van der Waals surface area contributed by atoms with Gasteiger partial charge in [0, 0.05) is 22.6 Å². The van der Waals surface area contributed by atoms with E-state index in [0.717, 1.165) is 17.6 Å². The van der Waals surface area contributed by atoms with Crippen molar-refractivity contribution < 1.29 is 29.0 Å². The Balaban J connectivity index is 1.49. The van der Waals surface area contributed by atoms with Crippen molar-refractivity contribution in [3.05, 3.63) is 87.0 Å². The van der Waals surface area contributed by atoms with Crippen molar-refractivity contribution >= 4 is 40.7 Å². The molecule has 1 fully saturated rings. The van der Waals surface area contributed by atoms with Gasteiger partial charge in [-0.05, 0) is 73.6 Å². The van der Waals surface area contributed by atoms with E-state index in [0.29, 0.717) is 34.4 Å². The highest BCUT2D eigenvalue weighted by molar-refractivity contribution is 6.32. The molecule has 2 aromatic rings. The van der Waals surface area contributed by atoms with Crippen LogP contribution in [0.15, 0.2) is 70.8 Å². The van der Waals surface area contributed by atoms with Crippen LogP contribution in [0.3, 0.4) is 0 Å². The number of ether oxygens (including phenoxy) is 1. The van der Waals surface area contributed by atoms with E-state index in [-0.39, 0.29) is 46.3 Å². The number of fused-ring (bicyclic) bond motifs is 3. The molecule has 0 radical (unpaired) electrons. The fourth-order valence-corrected chi connectivity index (χ4v) is 7.03. The molecule has 8 heteroatoms. The molecule has 4 atom stereocenters. The lowest BCUT2D eigenvalue weighted by Gasteiger charge is -2.42. The van der Waals surface area contributed by atoms with Gasteiger partial charge in [-0.2, -0.15) is 0 Å². The molecule has 40 heavy (non-hydrogen) atoms. The van der Waals surface area contributed by atoms with Gasteiger partial charge in [0.05, 0.1) is 29.7 Å². The first-order chi connectivity index (χ1) is 19.2. The molecule has 7 nitrogen and oxygen atoms in total. The number of amides is 2. The predicted molar refractivity (Wildman–Crippen MR) is 149 cm³/mol. The summed E-state index contributed by atoms with van der Waals surface area (Å²) in [7, 11) is 1.40. The fraction of sp³-hybridized carbons (Fsp3) is 0.312. The number of allylic oxidation sites excluding steroid dienone is 6. The van der Waals surface area contributed by atoms with Crippen molar-refractivity contribution in [2.75, 3.05) is 12.0 Å². The second-order valence-electron chi connectivity index (χ2n) is 10.8. The fourth-order valence-electron chi connectivity index (χ4n) is 6.81. The van der Waals surface area contributed by atoms with Crippen LogP contribution in [0.4, 0.5) is 5.69 Å². The summed E-state index contributed by atoms with van der Waals surface area (Å²) in [6.45, 7) is 3.65. The van der Waals surface area contributed by atoms with Gasteiger partial charge in [-0.3, -0.25) is 24.1 Å². The van der Waals surface area contributed by atoms with Crippen LogP contribution in [0.2, 0.25) is 5.02 Å². The maximum absolute atomic E-state index is 14.0. The number of phenolic OH excluding ortho intramolecular Hbond substituents is 1. The quantitative estimate of drug-likeness (QED) is 0.313. The number of anilines is 1. The van der Waals surface area contributed by atoms with Crippen LogP contribution in [-0.2, 0) is 25.6 Å². The maximum Gasteiger partial charge on any atom is 0.238 e. The zero-order chi connectivity index (χ0) is 28.5. The molecule has 3 aliphatic carbocycles.